The van der Waals surface area contributed by atoms with Crippen molar-refractivity contribution in [3.8, 4) is 0 Å². The number of rotatable bonds is 3. The molecule has 2 aliphatic heterocycles. The summed E-state index contributed by atoms with van der Waals surface area (Å²) < 4.78 is 0. The normalized spacial score (nSPS) is 23.7. The number of nitrogens with zero attached hydrogens (tertiary/aromatic N) is 3. The Hall–Kier alpha value is -2.73. The van der Waals surface area contributed by atoms with Gasteiger partial charge in [0.05, 0.1) is 18.7 Å². The Labute approximate surface area is 152 Å². The summed E-state index contributed by atoms with van der Waals surface area (Å²) in [7, 11) is 0. The fourth-order valence-electron chi connectivity index (χ4n) is 4.26. The van der Waals surface area contributed by atoms with Crippen LogP contribution in [0.2, 0.25) is 0 Å². The highest BCUT2D eigenvalue weighted by Crippen LogP contribution is 2.48. The van der Waals surface area contributed by atoms with Gasteiger partial charge >= 0.3 is 0 Å². The number of fused-ring (bicyclic) bond motifs is 3. The molecule has 26 heavy (non-hydrogen) atoms. The number of pyridine rings is 1. The minimum absolute atomic E-state index is 0.0148. The number of benzene rings is 1. The molecule has 6 nitrogen and oxygen atoms in total. The Balaban J connectivity index is 1.75. The predicted octanol–water partition coefficient (Wildman–Crippen LogP) is 1.81. The van der Waals surface area contributed by atoms with Gasteiger partial charge < -0.3 is 14.9 Å². The molecule has 3 heterocycles. The van der Waals surface area contributed by atoms with E-state index >= 15 is 0 Å². The van der Waals surface area contributed by atoms with Gasteiger partial charge in [-0.15, -0.1) is 0 Å². The number of anilines is 1. The molecule has 2 aromatic rings. The Kier molecular flexibility index (Phi) is 4.20. The standard InChI is InChI=1S/C20H21N3O3/c1-2-18(25)23-16-11-22(20(26)13-7-9-21-10-8-13)15-6-4-3-5-14(15)19(16)17(23)12-24/h3-10,16-17,19,24H,2,11-12H2,1H3/t16-,17-,19+/m0/s1. The molecule has 1 aromatic heterocycles. The first-order valence-electron chi connectivity index (χ1n) is 8.90. The van der Waals surface area contributed by atoms with E-state index in [1.165, 1.54) is 0 Å². The Bertz CT molecular complexity index is 839. The summed E-state index contributed by atoms with van der Waals surface area (Å²) >= 11 is 0. The quantitative estimate of drug-likeness (QED) is 0.915. The van der Waals surface area contributed by atoms with E-state index in [-0.39, 0.29) is 36.4 Å². The summed E-state index contributed by atoms with van der Waals surface area (Å²) in [5, 5.41) is 9.84. The molecule has 0 radical (unpaired) electrons. The number of aliphatic hydroxyl groups excluding tert-OH is 1. The zero-order chi connectivity index (χ0) is 18.3. The van der Waals surface area contributed by atoms with Crippen LogP contribution in [0.5, 0.6) is 0 Å². The van der Waals surface area contributed by atoms with Crippen LogP contribution in [-0.2, 0) is 4.79 Å². The number of aromatic nitrogens is 1. The van der Waals surface area contributed by atoms with E-state index in [1.807, 2.05) is 31.2 Å². The van der Waals surface area contributed by atoms with Crippen LogP contribution in [0.15, 0.2) is 48.8 Å². The molecule has 0 spiro atoms. The third-order valence-corrected chi connectivity index (χ3v) is 5.45. The molecule has 0 unspecified atom stereocenters. The molecule has 4 rings (SSSR count). The van der Waals surface area contributed by atoms with Crippen LogP contribution in [-0.4, -0.2) is 52.0 Å². The summed E-state index contributed by atoms with van der Waals surface area (Å²) in [6, 6.07) is 10.9. The van der Waals surface area contributed by atoms with Crippen LogP contribution in [0.3, 0.4) is 0 Å². The number of carbonyl (C=O) groups excluding carboxylic acids is 2. The molecular weight excluding hydrogens is 330 g/mol. The Morgan fingerprint density at radius 2 is 1.92 bits per heavy atom. The molecule has 0 bridgehead atoms. The first kappa shape index (κ1) is 16.7. The monoisotopic (exact) mass is 351 g/mol. The number of hydrogen-bond donors (Lipinski definition) is 1. The number of amides is 2. The van der Waals surface area contributed by atoms with Crippen molar-refractivity contribution in [1.82, 2.24) is 9.88 Å². The van der Waals surface area contributed by atoms with E-state index in [0.717, 1.165) is 11.3 Å². The number of para-hydroxylation sites is 1. The molecular formula is C20H21N3O3. The minimum atomic E-state index is -0.216. The van der Waals surface area contributed by atoms with E-state index in [1.54, 1.807) is 34.3 Å². The van der Waals surface area contributed by atoms with Gasteiger partial charge in [-0.25, -0.2) is 0 Å². The Morgan fingerprint density at radius 1 is 1.19 bits per heavy atom. The summed E-state index contributed by atoms with van der Waals surface area (Å²) in [5.74, 6) is -0.0242. The van der Waals surface area contributed by atoms with Gasteiger partial charge in [0, 0.05) is 42.5 Å². The highest BCUT2D eigenvalue weighted by atomic mass is 16.3. The highest BCUT2D eigenvalue weighted by molar-refractivity contribution is 6.07. The van der Waals surface area contributed by atoms with Gasteiger partial charge in [0.2, 0.25) is 5.91 Å². The maximum atomic E-state index is 13.1. The van der Waals surface area contributed by atoms with Gasteiger partial charge in [0.1, 0.15) is 0 Å². The largest absolute Gasteiger partial charge is 0.394 e. The van der Waals surface area contributed by atoms with E-state index in [2.05, 4.69) is 4.98 Å². The third-order valence-electron chi connectivity index (χ3n) is 5.45. The maximum Gasteiger partial charge on any atom is 0.258 e. The SMILES string of the molecule is CCC(=O)N1[C@@H](CO)[C@@H]2c3ccccc3N(C(=O)c3ccncc3)C[C@@H]21. The fourth-order valence-corrected chi connectivity index (χ4v) is 4.26. The molecule has 1 saturated heterocycles. The highest BCUT2D eigenvalue weighted by Gasteiger charge is 2.54. The second-order valence-electron chi connectivity index (χ2n) is 6.71. The third kappa shape index (κ3) is 2.41. The number of aliphatic hydroxyl groups is 1. The summed E-state index contributed by atoms with van der Waals surface area (Å²) in [6.45, 7) is 2.19. The number of hydrogen-bond acceptors (Lipinski definition) is 4. The smallest absolute Gasteiger partial charge is 0.258 e. The molecule has 134 valence electrons. The van der Waals surface area contributed by atoms with E-state index in [9.17, 15) is 14.7 Å². The zero-order valence-electron chi connectivity index (χ0n) is 14.6. The molecule has 0 saturated carbocycles. The minimum Gasteiger partial charge on any atom is -0.394 e. The van der Waals surface area contributed by atoms with Gasteiger partial charge in [0.25, 0.3) is 5.91 Å². The van der Waals surface area contributed by atoms with E-state index in [4.69, 9.17) is 0 Å². The zero-order valence-corrected chi connectivity index (χ0v) is 14.6. The molecule has 2 aliphatic rings. The van der Waals surface area contributed by atoms with Gasteiger partial charge in [-0.1, -0.05) is 25.1 Å². The second kappa shape index (κ2) is 6.53. The molecule has 6 heteroatoms. The molecule has 1 aromatic carbocycles. The van der Waals surface area contributed by atoms with E-state index < -0.39 is 0 Å². The van der Waals surface area contributed by atoms with Crippen molar-refractivity contribution in [2.24, 2.45) is 0 Å². The van der Waals surface area contributed by atoms with Gasteiger partial charge in [-0.2, -0.15) is 0 Å². The summed E-state index contributed by atoms with van der Waals surface area (Å²) in [4.78, 5) is 32.9. The molecule has 0 aliphatic carbocycles. The molecule has 3 atom stereocenters. The average Bonchev–Trinajstić information content (AvgIpc) is 2.68. The number of likely N-dealkylation sites (tertiary alicyclic amines) is 1. The van der Waals surface area contributed by atoms with Crippen LogP contribution >= 0.6 is 0 Å². The van der Waals surface area contributed by atoms with Crippen molar-refractivity contribution in [2.45, 2.75) is 31.3 Å². The molecule has 2 amide bonds. The number of carbonyl (C=O) groups is 2. The van der Waals surface area contributed by atoms with Gasteiger partial charge in [-0.05, 0) is 23.8 Å². The fraction of sp³-hybridized carbons (Fsp3) is 0.350. The van der Waals surface area contributed by atoms with Crippen molar-refractivity contribution in [3.05, 3.63) is 59.9 Å². The lowest BCUT2D eigenvalue weighted by Crippen LogP contribution is -2.70. The molecule has 1 fully saturated rings. The van der Waals surface area contributed by atoms with Crippen LogP contribution in [0.25, 0.3) is 0 Å². The summed E-state index contributed by atoms with van der Waals surface area (Å²) in [6.07, 6.45) is 3.59. The second-order valence-corrected chi connectivity index (χ2v) is 6.71. The van der Waals surface area contributed by atoms with Crippen LogP contribution in [0, 0.1) is 0 Å². The maximum absolute atomic E-state index is 13.1. The Morgan fingerprint density at radius 3 is 2.62 bits per heavy atom. The predicted molar refractivity (Wildman–Crippen MR) is 96.9 cm³/mol. The van der Waals surface area contributed by atoms with Crippen molar-refractivity contribution in [3.63, 3.8) is 0 Å². The van der Waals surface area contributed by atoms with Crippen molar-refractivity contribution in [1.29, 1.82) is 0 Å². The van der Waals surface area contributed by atoms with Crippen molar-refractivity contribution in [2.75, 3.05) is 18.1 Å². The topological polar surface area (TPSA) is 73.7 Å². The first-order chi connectivity index (χ1) is 12.7. The van der Waals surface area contributed by atoms with Crippen molar-refractivity contribution >= 4 is 17.5 Å². The van der Waals surface area contributed by atoms with Crippen molar-refractivity contribution < 1.29 is 14.7 Å². The lowest BCUT2D eigenvalue weighted by molar-refractivity contribution is -0.149. The van der Waals surface area contributed by atoms with E-state index in [0.29, 0.717) is 18.5 Å². The lowest BCUT2D eigenvalue weighted by Gasteiger charge is -2.59. The van der Waals surface area contributed by atoms with Crippen LogP contribution < -0.4 is 4.90 Å². The lowest BCUT2D eigenvalue weighted by atomic mass is 9.71. The molecule has 1 N–H and O–H groups in total. The average molecular weight is 351 g/mol. The van der Waals surface area contributed by atoms with Gasteiger partial charge in [0.15, 0.2) is 0 Å². The van der Waals surface area contributed by atoms with Crippen LogP contribution in [0.4, 0.5) is 5.69 Å². The summed E-state index contributed by atoms with van der Waals surface area (Å²) in [5.41, 5.74) is 2.45. The van der Waals surface area contributed by atoms with Crippen LogP contribution in [0.1, 0.15) is 35.2 Å². The van der Waals surface area contributed by atoms with Gasteiger partial charge in [-0.3, -0.25) is 14.6 Å². The first-order valence-corrected chi connectivity index (χ1v) is 8.90.